The number of rotatable bonds is 6. The van der Waals surface area contributed by atoms with Crippen molar-refractivity contribution in [1.82, 2.24) is 0 Å². The van der Waals surface area contributed by atoms with Crippen LogP contribution in [0.4, 0.5) is 0 Å². The quantitative estimate of drug-likeness (QED) is 0.526. The summed E-state index contributed by atoms with van der Waals surface area (Å²) in [5.41, 5.74) is 0. The Morgan fingerprint density at radius 3 is 2.50 bits per heavy atom. The highest BCUT2D eigenvalue weighted by atomic mass is 79.9. The molecule has 0 aliphatic rings. The molecule has 0 aliphatic carbocycles. The first-order valence-corrected chi connectivity index (χ1v) is 5.10. The van der Waals surface area contributed by atoms with Gasteiger partial charge in [-0.2, -0.15) is 0 Å². The monoisotopic (exact) mass is 208 g/mol. The van der Waals surface area contributed by atoms with Gasteiger partial charge in [-0.1, -0.05) is 35.7 Å². The lowest BCUT2D eigenvalue weighted by Gasteiger charge is -2.05. The van der Waals surface area contributed by atoms with Crippen LogP contribution in [0.25, 0.3) is 0 Å². The fourth-order valence-electron chi connectivity index (χ4n) is 0.859. The second-order valence-corrected chi connectivity index (χ2v) is 3.48. The molecule has 1 nitrogen and oxygen atoms in total. The fraction of sp³-hybridized carbons (Fsp3) is 1.00. The van der Waals surface area contributed by atoms with Gasteiger partial charge in [0.2, 0.25) is 0 Å². The van der Waals surface area contributed by atoms with Gasteiger partial charge >= 0.3 is 0 Å². The summed E-state index contributed by atoms with van der Waals surface area (Å²) < 4.78 is 0. The highest BCUT2D eigenvalue weighted by Crippen LogP contribution is 2.10. The van der Waals surface area contributed by atoms with E-state index in [4.69, 9.17) is 5.11 Å². The van der Waals surface area contributed by atoms with Crippen LogP contribution in [0.1, 0.15) is 32.6 Å². The second kappa shape index (κ2) is 7.55. The van der Waals surface area contributed by atoms with Crippen molar-refractivity contribution in [2.75, 3.05) is 11.9 Å². The zero-order valence-corrected chi connectivity index (χ0v) is 8.23. The van der Waals surface area contributed by atoms with Gasteiger partial charge in [-0.15, -0.1) is 0 Å². The number of aliphatic hydroxyl groups excluding tert-OH is 1. The first-order chi connectivity index (χ1) is 4.81. The Hall–Kier alpha value is 0.440. The van der Waals surface area contributed by atoms with Gasteiger partial charge in [-0.05, 0) is 18.8 Å². The van der Waals surface area contributed by atoms with E-state index in [-0.39, 0.29) is 0 Å². The van der Waals surface area contributed by atoms with E-state index in [0.29, 0.717) is 6.61 Å². The summed E-state index contributed by atoms with van der Waals surface area (Å²) in [5.74, 6) is 0.790. The molecule has 0 amide bonds. The van der Waals surface area contributed by atoms with E-state index < -0.39 is 0 Å². The summed E-state index contributed by atoms with van der Waals surface area (Å²) in [6, 6.07) is 0. The topological polar surface area (TPSA) is 20.2 Å². The van der Waals surface area contributed by atoms with Crippen molar-refractivity contribution in [3.8, 4) is 0 Å². The minimum absolute atomic E-state index is 0.350. The zero-order chi connectivity index (χ0) is 7.82. The molecule has 0 spiro atoms. The summed E-state index contributed by atoms with van der Waals surface area (Å²) in [5, 5.41) is 9.58. The first kappa shape index (κ1) is 10.4. The van der Waals surface area contributed by atoms with Crippen molar-refractivity contribution in [2.24, 2.45) is 5.92 Å². The third-order valence-corrected chi connectivity index (χ3v) is 2.72. The number of halogens is 1. The van der Waals surface area contributed by atoms with Gasteiger partial charge in [0.25, 0.3) is 0 Å². The Morgan fingerprint density at radius 2 is 2.00 bits per heavy atom. The highest BCUT2D eigenvalue weighted by molar-refractivity contribution is 9.09. The van der Waals surface area contributed by atoms with Crippen LogP contribution in [0.15, 0.2) is 0 Å². The van der Waals surface area contributed by atoms with E-state index in [1.165, 1.54) is 19.3 Å². The van der Waals surface area contributed by atoms with Crippen LogP contribution < -0.4 is 0 Å². The molecule has 0 radical (unpaired) electrons. The summed E-state index contributed by atoms with van der Waals surface area (Å²) in [6.45, 7) is 2.59. The van der Waals surface area contributed by atoms with Crippen LogP contribution in [0.5, 0.6) is 0 Å². The number of hydrogen-bond donors (Lipinski definition) is 1. The molecule has 0 aliphatic heterocycles. The van der Waals surface area contributed by atoms with Crippen LogP contribution in [0.3, 0.4) is 0 Å². The van der Waals surface area contributed by atoms with E-state index in [2.05, 4.69) is 22.9 Å². The molecule has 1 atom stereocenters. The Morgan fingerprint density at radius 1 is 1.30 bits per heavy atom. The van der Waals surface area contributed by atoms with Crippen LogP contribution in [0.2, 0.25) is 0 Å². The largest absolute Gasteiger partial charge is 0.396 e. The van der Waals surface area contributed by atoms with Crippen LogP contribution >= 0.6 is 15.9 Å². The van der Waals surface area contributed by atoms with Crippen molar-refractivity contribution in [1.29, 1.82) is 0 Å². The second-order valence-electron chi connectivity index (χ2n) is 2.83. The maximum Gasteiger partial charge on any atom is 0.0431 e. The van der Waals surface area contributed by atoms with Crippen molar-refractivity contribution < 1.29 is 5.11 Å². The molecule has 0 heterocycles. The lowest BCUT2D eigenvalue weighted by atomic mass is 10.1. The van der Waals surface area contributed by atoms with Gasteiger partial charge in [0, 0.05) is 11.9 Å². The summed E-state index contributed by atoms with van der Waals surface area (Å²) >= 11 is 3.43. The minimum Gasteiger partial charge on any atom is -0.396 e. The Balaban J connectivity index is 2.89. The average molecular weight is 209 g/mol. The summed E-state index contributed by atoms with van der Waals surface area (Å²) in [7, 11) is 0. The normalized spacial score (nSPS) is 13.5. The third kappa shape index (κ3) is 6.56. The Bertz CT molecular complexity index is 66.3. The van der Waals surface area contributed by atoms with Gasteiger partial charge in [-0.25, -0.2) is 0 Å². The standard InChI is InChI=1S/C8H17BrO/c1-8(7-9)5-3-2-4-6-10/h8,10H,2-7H2,1H3/t8-/m0/s1. The summed E-state index contributed by atoms with van der Waals surface area (Å²) in [4.78, 5) is 0. The van der Waals surface area contributed by atoms with E-state index in [9.17, 15) is 0 Å². The molecule has 0 unspecified atom stereocenters. The molecule has 0 bridgehead atoms. The van der Waals surface area contributed by atoms with E-state index in [1.54, 1.807) is 0 Å². The molecule has 0 aromatic heterocycles. The van der Waals surface area contributed by atoms with Crippen LogP contribution in [-0.4, -0.2) is 17.0 Å². The molecule has 0 aromatic rings. The van der Waals surface area contributed by atoms with Crippen LogP contribution in [0, 0.1) is 5.92 Å². The van der Waals surface area contributed by atoms with E-state index >= 15 is 0 Å². The molecule has 1 N–H and O–H groups in total. The first-order valence-electron chi connectivity index (χ1n) is 3.98. The fourth-order valence-corrected chi connectivity index (χ4v) is 1.18. The maximum atomic E-state index is 8.48. The lowest BCUT2D eigenvalue weighted by molar-refractivity contribution is 0.281. The van der Waals surface area contributed by atoms with Crippen molar-refractivity contribution >= 4 is 15.9 Å². The van der Waals surface area contributed by atoms with E-state index in [0.717, 1.165) is 17.7 Å². The van der Waals surface area contributed by atoms with Gasteiger partial charge in [0.05, 0.1) is 0 Å². The van der Waals surface area contributed by atoms with Crippen molar-refractivity contribution in [3.05, 3.63) is 0 Å². The van der Waals surface area contributed by atoms with Crippen molar-refractivity contribution in [3.63, 3.8) is 0 Å². The maximum absolute atomic E-state index is 8.48. The SMILES string of the molecule is C[C@H](CBr)CCCCCO. The van der Waals surface area contributed by atoms with Gasteiger partial charge < -0.3 is 5.11 Å². The molecule has 0 aromatic carbocycles. The molecule has 2 heteroatoms. The molecule has 0 saturated heterocycles. The number of alkyl halides is 1. The average Bonchev–Trinajstić information content (AvgIpc) is 1.98. The van der Waals surface area contributed by atoms with Gasteiger partial charge in [0.1, 0.15) is 0 Å². The van der Waals surface area contributed by atoms with Crippen LogP contribution in [-0.2, 0) is 0 Å². The molecule has 62 valence electrons. The molecule has 0 saturated carbocycles. The third-order valence-electron chi connectivity index (χ3n) is 1.62. The zero-order valence-electron chi connectivity index (χ0n) is 6.65. The van der Waals surface area contributed by atoms with Gasteiger partial charge in [-0.3, -0.25) is 0 Å². The predicted octanol–water partition coefficient (Wildman–Crippen LogP) is 2.57. The Labute approximate surface area is 72.0 Å². The number of aliphatic hydroxyl groups is 1. The molecular formula is C8H17BrO. The van der Waals surface area contributed by atoms with Gasteiger partial charge in [0.15, 0.2) is 0 Å². The predicted molar refractivity (Wildman–Crippen MR) is 48.5 cm³/mol. The molecule has 0 rings (SSSR count). The summed E-state index contributed by atoms with van der Waals surface area (Å²) in [6.07, 6.45) is 4.68. The van der Waals surface area contributed by atoms with Crippen molar-refractivity contribution in [2.45, 2.75) is 32.6 Å². The number of hydrogen-bond acceptors (Lipinski definition) is 1. The molecule has 0 fully saturated rings. The molecular weight excluding hydrogens is 192 g/mol. The number of unbranched alkanes of at least 4 members (excludes halogenated alkanes) is 2. The van der Waals surface area contributed by atoms with E-state index in [1.807, 2.05) is 0 Å². The molecule has 10 heavy (non-hydrogen) atoms. The minimum atomic E-state index is 0.350. The smallest absolute Gasteiger partial charge is 0.0431 e. The Kier molecular flexibility index (Phi) is 7.88. The lowest BCUT2D eigenvalue weighted by Crippen LogP contribution is -1.95. The highest BCUT2D eigenvalue weighted by Gasteiger charge is 1.97.